The van der Waals surface area contributed by atoms with Gasteiger partial charge in [-0.2, -0.15) is 0 Å². The van der Waals surface area contributed by atoms with Crippen LogP contribution in [0.5, 0.6) is 0 Å². The van der Waals surface area contributed by atoms with Crippen molar-refractivity contribution in [2.45, 2.75) is 13.8 Å². The SMILES string of the molecule is Cc1ccc2cc(C(=O)Nc3ccc4nc(-c5ccccc5)[nH]c4c3)c(C)nc2c1. The van der Waals surface area contributed by atoms with Gasteiger partial charge in [0.05, 0.1) is 27.8 Å². The van der Waals surface area contributed by atoms with Gasteiger partial charge in [-0.3, -0.25) is 9.78 Å². The second-order valence-electron chi connectivity index (χ2n) is 7.45. The molecule has 2 N–H and O–H groups in total. The lowest BCUT2D eigenvalue weighted by atomic mass is 10.1. The summed E-state index contributed by atoms with van der Waals surface area (Å²) < 4.78 is 0. The van der Waals surface area contributed by atoms with Gasteiger partial charge in [-0.15, -0.1) is 0 Å². The third-order valence-electron chi connectivity index (χ3n) is 5.20. The van der Waals surface area contributed by atoms with Crippen LogP contribution in [0.1, 0.15) is 21.6 Å². The number of carbonyl (C=O) groups excluding carboxylic acids is 1. The van der Waals surface area contributed by atoms with Crippen molar-refractivity contribution in [1.82, 2.24) is 15.0 Å². The van der Waals surface area contributed by atoms with Crippen LogP contribution >= 0.6 is 0 Å². The van der Waals surface area contributed by atoms with E-state index >= 15 is 0 Å². The third-order valence-corrected chi connectivity index (χ3v) is 5.20. The number of anilines is 1. The van der Waals surface area contributed by atoms with E-state index in [1.807, 2.05) is 86.6 Å². The Kier molecular flexibility index (Phi) is 4.29. The number of nitrogens with one attached hydrogen (secondary N) is 2. The fourth-order valence-electron chi connectivity index (χ4n) is 3.62. The maximum atomic E-state index is 12.9. The van der Waals surface area contributed by atoms with Gasteiger partial charge >= 0.3 is 0 Å². The molecule has 1 amide bonds. The summed E-state index contributed by atoms with van der Waals surface area (Å²) in [5, 5.41) is 3.94. The molecule has 30 heavy (non-hydrogen) atoms. The molecule has 0 bridgehead atoms. The van der Waals surface area contributed by atoms with Crippen molar-refractivity contribution in [2.24, 2.45) is 0 Å². The van der Waals surface area contributed by atoms with Crippen LogP contribution in [0.4, 0.5) is 5.69 Å². The van der Waals surface area contributed by atoms with Gasteiger partial charge in [0.15, 0.2) is 0 Å². The predicted octanol–water partition coefficient (Wildman–Crippen LogP) is 5.65. The Morgan fingerprint density at radius 2 is 1.70 bits per heavy atom. The van der Waals surface area contributed by atoms with Crippen LogP contribution in [0.2, 0.25) is 0 Å². The predicted molar refractivity (Wildman–Crippen MR) is 121 cm³/mol. The van der Waals surface area contributed by atoms with Gasteiger partial charge in [-0.05, 0) is 49.7 Å². The van der Waals surface area contributed by atoms with Gasteiger partial charge in [-0.1, -0.05) is 42.5 Å². The molecule has 0 aliphatic rings. The highest BCUT2D eigenvalue weighted by molar-refractivity contribution is 6.07. The highest BCUT2D eigenvalue weighted by atomic mass is 16.1. The van der Waals surface area contributed by atoms with E-state index in [4.69, 9.17) is 0 Å². The molecular weight excluding hydrogens is 372 g/mol. The molecule has 2 heterocycles. The topological polar surface area (TPSA) is 70.7 Å². The monoisotopic (exact) mass is 392 g/mol. The summed E-state index contributed by atoms with van der Waals surface area (Å²) in [5.74, 6) is 0.628. The average Bonchev–Trinajstić information content (AvgIpc) is 3.17. The molecule has 0 aliphatic carbocycles. The van der Waals surface area contributed by atoms with E-state index < -0.39 is 0 Å². The van der Waals surface area contributed by atoms with E-state index in [0.717, 1.165) is 38.9 Å². The number of hydrogen-bond acceptors (Lipinski definition) is 3. The Hall–Kier alpha value is -3.99. The maximum Gasteiger partial charge on any atom is 0.257 e. The van der Waals surface area contributed by atoms with E-state index in [0.29, 0.717) is 16.9 Å². The first-order valence-corrected chi connectivity index (χ1v) is 9.81. The van der Waals surface area contributed by atoms with E-state index in [-0.39, 0.29) is 5.91 Å². The zero-order valence-corrected chi connectivity index (χ0v) is 16.7. The molecule has 0 atom stereocenters. The minimum atomic E-state index is -0.176. The van der Waals surface area contributed by atoms with Crippen LogP contribution in [0, 0.1) is 13.8 Å². The Morgan fingerprint density at radius 1 is 0.867 bits per heavy atom. The molecular formula is C25H20N4O. The third kappa shape index (κ3) is 3.31. The van der Waals surface area contributed by atoms with Crippen LogP contribution in [-0.4, -0.2) is 20.9 Å². The van der Waals surface area contributed by atoms with Crippen molar-refractivity contribution in [1.29, 1.82) is 0 Å². The quantitative estimate of drug-likeness (QED) is 0.417. The second kappa shape index (κ2) is 7.12. The van der Waals surface area contributed by atoms with Gasteiger partial charge in [0.25, 0.3) is 5.91 Å². The van der Waals surface area contributed by atoms with Gasteiger partial charge in [0.2, 0.25) is 0 Å². The number of pyridine rings is 1. The minimum Gasteiger partial charge on any atom is -0.338 e. The van der Waals surface area contributed by atoms with E-state index in [2.05, 4.69) is 20.3 Å². The van der Waals surface area contributed by atoms with Crippen LogP contribution in [-0.2, 0) is 0 Å². The Balaban J connectivity index is 1.45. The maximum absolute atomic E-state index is 12.9. The van der Waals surface area contributed by atoms with Crippen molar-refractivity contribution >= 4 is 33.5 Å². The number of benzene rings is 3. The van der Waals surface area contributed by atoms with Crippen LogP contribution in [0.3, 0.4) is 0 Å². The van der Waals surface area contributed by atoms with Crippen molar-refractivity contribution in [3.63, 3.8) is 0 Å². The van der Waals surface area contributed by atoms with Gasteiger partial charge < -0.3 is 10.3 Å². The summed E-state index contributed by atoms with van der Waals surface area (Å²) in [4.78, 5) is 25.5. The molecule has 5 aromatic rings. The number of aromatic nitrogens is 3. The Labute approximate surface area is 173 Å². The lowest BCUT2D eigenvalue weighted by Crippen LogP contribution is -2.14. The number of nitrogens with zero attached hydrogens (tertiary/aromatic N) is 2. The molecule has 146 valence electrons. The summed E-state index contributed by atoms with van der Waals surface area (Å²) in [6, 6.07) is 23.6. The Bertz CT molecular complexity index is 1400. The molecule has 2 aromatic heterocycles. The van der Waals surface area contributed by atoms with Crippen molar-refractivity contribution in [3.8, 4) is 11.4 Å². The van der Waals surface area contributed by atoms with Gasteiger partial charge in [0, 0.05) is 16.6 Å². The second-order valence-corrected chi connectivity index (χ2v) is 7.45. The number of rotatable bonds is 3. The smallest absolute Gasteiger partial charge is 0.257 e. The van der Waals surface area contributed by atoms with E-state index in [1.54, 1.807) is 0 Å². The number of fused-ring (bicyclic) bond motifs is 2. The summed E-state index contributed by atoms with van der Waals surface area (Å²) in [5.41, 5.74) is 6.78. The fraction of sp³-hybridized carbons (Fsp3) is 0.0800. The normalized spacial score (nSPS) is 11.1. The van der Waals surface area contributed by atoms with Crippen molar-refractivity contribution in [3.05, 3.63) is 89.6 Å². The number of H-pyrrole nitrogens is 1. The number of aryl methyl sites for hydroxylation is 2. The molecule has 3 aromatic carbocycles. The van der Waals surface area contributed by atoms with Crippen LogP contribution in [0.25, 0.3) is 33.3 Å². The molecule has 0 saturated heterocycles. The van der Waals surface area contributed by atoms with Crippen molar-refractivity contribution < 1.29 is 4.79 Å². The molecule has 0 aliphatic heterocycles. The molecule has 0 saturated carbocycles. The van der Waals surface area contributed by atoms with Crippen LogP contribution < -0.4 is 5.32 Å². The molecule has 5 heteroatoms. The first-order chi connectivity index (χ1) is 14.6. The van der Waals surface area contributed by atoms with E-state index in [9.17, 15) is 4.79 Å². The zero-order chi connectivity index (χ0) is 20.7. The molecule has 0 radical (unpaired) electrons. The van der Waals surface area contributed by atoms with Crippen molar-refractivity contribution in [2.75, 3.05) is 5.32 Å². The lowest BCUT2D eigenvalue weighted by molar-refractivity contribution is 0.102. The largest absolute Gasteiger partial charge is 0.338 e. The molecule has 5 nitrogen and oxygen atoms in total. The van der Waals surface area contributed by atoms with Gasteiger partial charge in [0.1, 0.15) is 5.82 Å². The molecule has 0 fully saturated rings. The zero-order valence-electron chi connectivity index (χ0n) is 16.7. The average molecular weight is 392 g/mol. The number of imidazole rings is 1. The first-order valence-electron chi connectivity index (χ1n) is 9.81. The lowest BCUT2D eigenvalue weighted by Gasteiger charge is -2.09. The summed E-state index contributed by atoms with van der Waals surface area (Å²) in [6.07, 6.45) is 0. The summed E-state index contributed by atoms with van der Waals surface area (Å²) in [7, 11) is 0. The summed E-state index contributed by atoms with van der Waals surface area (Å²) in [6.45, 7) is 3.90. The fourth-order valence-corrected chi connectivity index (χ4v) is 3.62. The highest BCUT2D eigenvalue weighted by Crippen LogP contribution is 2.24. The molecule has 0 unspecified atom stereocenters. The van der Waals surface area contributed by atoms with Gasteiger partial charge in [-0.25, -0.2) is 4.98 Å². The summed E-state index contributed by atoms with van der Waals surface area (Å²) >= 11 is 0. The number of aromatic amines is 1. The van der Waals surface area contributed by atoms with E-state index in [1.165, 1.54) is 0 Å². The number of carbonyl (C=O) groups is 1. The standard InChI is InChI=1S/C25H20N4O/c1-15-8-9-18-13-20(16(2)26-22(18)12-15)25(30)27-19-10-11-21-23(14-19)29-24(28-21)17-6-4-3-5-7-17/h3-14H,1-2H3,(H,27,30)(H,28,29). The first kappa shape index (κ1) is 18.1. The number of hydrogen-bond donors (Lipinski definition) is 2. The minimum absolute atomic E-state index is 0.176. The molecule has 5 rings (SSSR count). The molecule has 0 spiro atoms. The Morgan fingerprint density at radius 3 is 2.53 bits per heavy atom. The number of amides is 1. The van der Waals surface area contributed by atoms with Crippen LogP contribution in [0.15, 0.2) is 72.8 Å². The highest BCUT2D eigenvalue weighted by Gasteiger charge is 2.13.